The molecule has 1 atom stereocenters. The van der Waals surface area contributed by atoms with Gasteiger partial charge in [0.2, 0.25) is 0 Å². The normalized spacial score (nSPS) is 19.2. The molecule has 106 valence electrons. The maximum absolute atomic E-state index is 5.68. The molecule has 1 aliphatic rings. The zero-order chi connectivity index (χ0) is 13.7. The zero-order valence-corrected chi connectivity index (χ0v) is 12.4. The maximum Gasteiger partial charge on any atom is 0.119 e. The first-order valence-electron chi connectivity index (χ1n) is 7.41. The molecule has 0 saturated carbocycles. The Labute approximate surface area is 116 Å². The number of nitrogens with zero attached hydrogens (tertiary/aromatic N) is 1. The van der Waals surface area contributed by atoms with E-state index in [1.807, 2.05) is 0 Å². The molecule has 3 heteroatoms. The van der Waals surface area contributed by atoms with Crippen LogP contribution in [0.1, 0.15) is 27.2 Å². The summed E-state index contributed by atoms with van der Waals surface area (Å²) >= 11 is 0. The highest BCUT2D eigenvalue weighted by Gasteiger charge is 2.22. The summed E-state index contributed by atoms with van der Waals surface area (Å²) in [6.45, 7) is 10.8. The van der Waals surface area contributed by atoms with Crippen molar-refractivity contribution in [2.45, 2.75) is 33.3 Å². The summed E-state index contributed by atoms with van der Waals surface area (Å²) in [4.78, 5) is 2.47. The van der Waals surface area contributed by atoms with Crippen LogP contribution in [0.15, 0.2) is 24.3 Å². The van der Waals surface area contributed by atoms with Gasteiger partial charge >= 0.3 is 0 Å². The van der Waals surface area contributed by atoms with E-state index in [1.54, 1.807) is 0 Å². The molecule has 0 bridgehead atoms. The van der Waals surface area contributed by atoms with Crippen LogP contribution in [0.4, 0.5) is 5.69 Å². The van der Waals surface area contributed by atoms with Crippen molar-refractivity contribution in [2.24, 2.45) is 5.92 Å². The van der Waals surface area contributed by atoms with Crippen LogP contribution in [-0.2, 0) is 0 Å². The molecule has 0 spiro atoms. The highest BCUT2D eigenvalue weighted by molar-refractivity contribution is 5.49. The van der Waals surface area contributed by atoms with Crippen molar-refractivity contribution in [3.8, 4) is 5.75 Å². The molecule has 2 rings (SSSR count). The van der Waals surface area contributed by atoms with E-state index in [0.29, 0.717) is 0 Å². The van der Waals surface area contributed by atoms with Crippen molar-refractivity contribution in [2.75, 3.05) is 31.1 Å². The van der Waals surface area contributed by atoms with Gasteiger partial charge in [-0.15, -0.1) is 0 Å². The zero-order valence-electron chi connectivity index (χ0n) is 12.4. The monoisotopic (exact) mass is 262 g/mol. The minimum absolute atomic E-state index is 0.238. The summed E-state index contributed by atoms with van der Waals surface area (Å²) < 4.78 is 5.68. The van der Waals surface area contributed by atoms with Crippen LogP contribution in [0.25, 0.3) is 0 Å². The predicted molar refractivity (Wildman–Crippen MR) is 81.1 cm³/mol. The van der Waals surface area contributed by atoms with E-state index < -0.39 is 0 Å². The number of ether oxygens (including phenoxy) is 1. The third-order valence-electron chi connectivity index (χ3n) is 3.54. The molecule has 0 amide bonds. The third-order valence-corrected chi connectivity index (χ3v) is 3.54. The van der Waals surface area contributed by atoms with Gasteiger partial charge in [0.25, 0.3) is 0 Å². The highest BCUT2D eigenvalue weighted by Crippen LogP contribution is 2.25. The summed E-state index contributed by atoms with van der Waals surface area (Å²) in [5, 5.41) is 3.45. The SMILES string of the molecule is CCNCC1CCN(c2ccc(OC(C)C)cc2)C1. The number of anilines is 1. The molecule has 1 aromatic rings. The van der Waals surface area contributed by atoms with Crippen LogP contribution in [0, 0.1) is 5.92 Å². The van der Waals surface area contributed by atoms with Gasteiger partial charge in [-0.1, -0.05) is 6.92 Å². The Hall–Kier alpha value is -1.22. The second kappa shape index (κ2) is 6.80. The molecule has 0 aromatic heterocycles. The van der Waals surface area contributed by atoms with Gasteiger partial charge in [-0.05, 0) is 63.5 Å². The molecule has 1 unspecified atom stereocenters. The summed E-state index contributed by atoms with van der Waals surface area (Å²) in [5.41, 5.74) is 1.31. The standard InChI is InChI=1S/C16H26N2O/c1-4-17-11-14-9-10-18(12-14)15-5-7-16(8-6-15)19-13(2)3/h5-8,13-14,17H,4,9-12H2,1-3H3. The fraction of sp³-hybridized carbons (Fsp3) is 0.625. The molecule has 1 N–H and O–H groups in total. The first kappa shape index (κ1) is 14.2. The van der Waals surface area contributed by atoms with E-state index in [1.165, 1.54) is 18.7 Å². The fourth-order valence-corrected chi connectivity index (χ4v) is 2.59. The Bertz CT molecular complexity index is 375. The Balaban J connectivity index is 1.89. The minimum atomic E-state index is 0.238. The van der Waals surface area contributed by atoms with E-state index >= 15 is 0 Å². The van der Waals surface area contributed by atoms with Crippen molar-refractivity contribution in [1.29, 1.82) is 0 Å². The van der Waals surface area contributed by atoms with Gasteiger partial charge in [0.15, 0.2) is 0 Å². The van der Waals surface area contributed by atoms with Crippen molar-refractivity contribution in [1.82, 2.24) is 5.32 Å². The largest absolute Gasteiger partial charge is 0.491 e. The Morgan fingerprint density at radius 2 is 2.05 bits per heavy atom. The van der Waals surface area contributed by atoms with E-state index in [-0.39, 0.29) is 6.10 Å². The lowest BCUT2D eigenvalue weighted by molar-refractivity contribution is 0.242. The van der Waals surface area contributed by atoms with Crippen LogP contribution < -0.4 is 15.0 Å². The molecule has 19 heavy (non-hydrogen) atoms. The summed E-state index contributed by atoms with van der Waals surface area (Å²) in [6, 6.07) is 8.50. The number of nitrogens with one attached hydrogen (secondary N) is 1. The lowest BCUT2D eigenvalue weighted by atomic mass is 10.1. The summed E-state index contributed by atoms with van der Waals surface area (Å²) in [6.07, 6.45) is 1.53. The smallest absolute Gasteiger partial charge is 0.119 e. The van der Waals surface area contributed by atoms with Crippen LogP contribution in [0.2, 0.25) is 0 Å². The highest BCUT2D eigenvalue weighted by atomic mass is 16.5. The predicted octanol–water partition coefficient (Wildman–Crippen LogP) is 2.91. The summed E-state index contributed by atoms with van der Waals surface area (Å²) in [5.74, 6) is 1.74. The lowest BCUT2D eigenvalue weighted by Gasteiger charge is -2.19. The van der Waals surface area contributed by atoms with Gasteiger partial charge in [-0.3, -0.25) is 0 Å². The van der Waals surface area contributed by atoms with Crippen molar-refractivity contribution in [3.63, 3.8) is 0 Å². The van der Waals surface area contributed by atoms with Crippen molar-refractivity contribution >= 4 is 5.69 Å². The Morgan fingerprint density at radius 1 is 1.32 bits per heavy atom. The van der Waals surface area contributed by atoms with Crippen LogP contribution in [-0.4, -0.2) is 32.3 Å². The molecule has 0 aliphatic carbocycles. The van der Waals surface area contributed by atoms with Gasteiger partial charge in [0.05, 0.1) is 6.10 Å². The number of hydrogen-bond donors (Lipinski definition) is 1. The molecule has 1 heterocycles. The van der Waals surface area contributed by atoms with E-state index in [0.717, 1.165) is 31.3 Å². The fourth-order valence-electron chi connectivity index (χ4n) is 2.59. The molecule has 1 aromatic carbocycles. The molecule has 1 fully saturated rings. The number of benzene rings is 1. The molecule has 1 saturated heterocycles. The van der Waals surface area contributed by atoms with E-state index in [2.05, 4.69) is 55.3 Å². The maximum atomic E-state index is 5.68. The molecule has 3 nitrogen and oxygen atoms in total. The minimum Gasteiger partial charge on any atom is -0.491 e. The molecular formula is C16H26N2O. The van der Waals surface area contributed by atoms with Gasteiger partial charge < -0.3 is 15.0 Å². The van der Waals surface area contributed by atoms with Crippen LogP contribution in [0.3, 0.4) is 0 Å². The first-order chi connectivity index (χ1) is 9.19. The first-order valence-corrected chi connectivity index (χ1v) is 7.41. The molecular weight excluding hydrogens is 236 g/mol. The van der Waals surface area contributed by atoms with Gasteiger partial charge in [0.1, 0.15) is 5.75 Å². The Morgan fingerprint density at radius 3 is 2.68 bits per heavy atom. The number of rotatable bonds is 6. The third kappa shape index (κ3) is 4.13. The van der Waals surface area contributed by atoms with E-state index in [4.69, 9.17) is 4.74 Å². The lowest BCUT2D eigenvalue weighted by Crippen LogP contribution is -2.26. The van der Waals surface area contributed by atoms with E-state index in [9.17, 15) is 0 Å². The average molecular weight is 262 g/mol. The van der Waals surface area contributed by atoms with Gasteiger partial charge in [0, 0.05) is 18.8 Å². The molecule has 1 aliphatic heterocycles. The van der Waals surface area contributed by atoms with Crippen molar-refractivity contribution in [3.05, 3.63) is 24.3 Å². The molecule has 0 radical (unpaired) electrons. The Kier molecular flexibility index (Phi) is 5.08. The number of hydrogen-bond acceptors (Lipinski definition) is 3. The van der Waals surface area contributed by atoms with Gasteiger partial charge in [-0.25, -0.2) is 0 Å². The van der Waals surface area contributed by atoms with Crippen molar-refractivity contribution < 1.29 is 4.74 Å². The average Bonchev–Trinajstić information content (AvgIpc) is 2.85. The van der Waals surface area contributed by atoms with Gasteiger partial charge in [-0.2, -0.15) is 0 Å². The second-order valence-electron chi connectivity index (χ2n) is 5.57. The van der Waals surface area contributed by atoms with Crippen LogP contribution >= 0.6 is 0 Å². The quantitative estimate of drug-likeness (QED) is 0.853. The second-order valence-corrected chi connectivity index (χ2v) is 5.57. The van der Waals surface area contributed by atoms with Crippen LogP contribution in [0.5, 0.6) is 5.75 Å². The topological polar surface area (TPSA) is 24.5 Å². The summed E-state index contributed by atoms with van der Waals surface area (Å²) in [7, 11) is 0.